The van der Waals surface area contributed by atoms with Crippen LogP contribution in [0.4, 0.5) is 8.78 Å². The van der Waals surface area contributed by atoms with Gasteiger partial charge in [-0.2, -0.15) is 10.2 Å². The lowest BCUT2D eigenvalue weighted by molar-refractivity contribution is 0.0569. The SMILES string of the molecule is Cc1cc(C(=O)N(CCCl)CC(F)F)c(C)nn1. The summed E-state index contributed by atoms with van der Waals surface area (Å²) in [6.45, 7) is 2.74. The van der Waals surface area contributed by atoms with Crippen LogP contribution in [0.1, 0.15) is 21.7 Å². The van der Waals surface area contributed by atoms with E-state index in [4.69, 9.17) is 11.6 Å². The van der Waals surface area contributed by atoms with Gasteiger partial charge in [-0.25, -0.2) is 8.78 Å². The average molecular weight is 278 g/mol. The molecule has 1 heterocycles. The van der Waals surface area contributed by atoms with Crippen molar-refractivity contribution in [2.45, 2.75) is 20.3 Å². The average Bonchev–Trinajstić information content (AvgIpc) is 2.30. The van der Waals surface area contributed by atoms with E-state index in [0.717, 1.165) is 4.90 Å². The van der Waals surface area contributed by atoms with Crippen LogP contribution in [-0.4, -0.2) is 46.4 Å². The van der Waals surface area contributed by atoms with Crippen LogP contribution in [0.15, 0.2) is 6.07 Å². The molecule has 1 aromatic heterocycles. The fraction of sp³-hybridized carbons (Fsp3) is 0.545. The fourth-order valence-corrected chi connectivity index (χ4v) is 1.69. The highest BCUT2D eigenvalue weighted by molar-refractivity contribution is 6.18. The van der Waals surface area contributed by atoms with Crippen LogP contribution in [-0.2, 0) is 0 Å². The highest BCUT2D eigenvalue weighted by Gasteiger charge is 2.21. The van der Waals surface area contributed by atoms with Crippen molar-refractivity contribution in [3.05, 3.63) is 23.0 Å². The Morgan fingerprint density at radius 3 is 2.67 bits per heavy atom. The number of hydrogen-bond acceptors (Lipinski definition) is 3. The molecule has 0 spiro atoms. The fourth-order valence-electron chi connectivity index (χ4n) is 1.48. The topological polar surface area (TPSA) is 46.1 Å². The second-order valence-corrected chi connectivity index (χ2v) is 4.19. The third-order valence-corrected chi connectivity index (χ3v) is 2.50. The maximum atomic E-state index is 12.4. The van der Waals surface area contributed by atoms with Gasteiger partial charge < -0.3 is 4.90 Å². The van der Waals surface area contributed by atoms with Crippen molar-refractivity contribution in [3.8, 4) is 0 Å². The van der Waals surface area contributed by atoms with Crippen molar-refractivity contribution in [1.29, 1.82) is 0 Å². The Kier molecular flexibility index (Phi) is 5.40. The Morgan fingerprint density at radius 2 is 2.11 bits per heavy atom. The number of rotatable bonds is 5. The molecule has 0 saturated heterocycles. The first-order chi connectivity index (χ1) is 8.45. The molecule has 0 saturated carbocycles. The van der Waals surface area contributed by atoms with E-state index in [-0.39, 0.29) is 18.0 Å². The van der Waals surface area contributed by atoms with E-state index in [2.05, 4.69) is 10.2 Å². The van der Waals surface area contributed by atoms with E-state index >= 15 is 0 Å². The Bertz CT molecular complexity index is 429. The third-order valence-electron chi connectivity index (χ3n) is 2.33. The van der Waals surface area contributed by atoms with E-state index in [1.54, 1.807) is 13.8 Å². The van der Waals surface area contributed by atoms with Crippen molar-refractivity contribution in [2.75, 3.05) is 19.0 Å². The van der Waals surface area contributed by atoms with Crippen molar-refractivity contribution in [3.63, 3.8) is 0 Å². The standard InChI is InChI=1S/C11H14ClF2N3O/c1-7-5-9(8(2)16-15-7)11(18)17(4-3-12)6-10(13)14/h5,10H,3-4,6H2,1-2H3. The van der Waals surface area contributed by atoms with Crippen molar-refractivity contribution >= 4 is 17.5 Å². The zero-order valence-electron chi connectivity index (χ0n) is 10.2. The number of alkyl halides is 3. The zero-order chi connectivity index (χ0) is 13.7. The molecule has 4 nitrogen and oxygen atoms in total. The molecule has 18 heavy (non-hydrogen) atoms. The van der Waals surface area contributed by atoms with E-state index in [1.165, 1.54) is 6.07 Å². The molecular weight excluding hydrogens is 264 g/mol. The quantitative estimate of drug-likeness (QED) is 0.774. The number of hydrogen-bond donors (Lipinski definition) is 0. The first kappa shape index (κ1) is 14.8. The molecule has 1 rings (SSSR count). The summed E-state index contributed by atoms with van der Waals surface area (Å²) in [5, 5.41) is 7.60. The van der Waals surface area contributed by atoms with Gasteiger partial charge in [0.2, 0.25) is 0 Å². The van der Waals surface area contributed by atoms with Crippen LogP contribution in [0.25, 0.3) is 0 Å². The smallest absolute Gasteiger partial charge is 0.256 e. The molecule has 1 aromatic rings. The number of carbonyl (C=O) groups excluding carboxylic acids is 1. The molecule has 0 aromatic carbocycles. The lowest BCUT2D eigenvalue weighted by atomic mass is 10.1. The van der Waals surface area contributed by atoms with Crippen LogP contribution in [0.3, 0.4) is 0 Å². The number of nitrogens with zero attached hydrogens (tertiary/aromatic N) is 3. The Hall–Kier alpha value is -1.30. The van der Waals surface area contributed by atoms with Gasteiger partial charge in [0.1, 0.15) is 0 Å². The minimum absolute atomic E-state index is 0.0749. The molecule has 0 bridgehead atoms. The van der Waals surface area contributed by atoms with E-state index < -0.39 is 18.9 Å². The van der Waals surface area contributed by atoms with Crippen LogP contribution < -0.4 is 0 Å². The minimum Gasteiger partial charge on any atom is -0.332 e. The zero-order valence-corrected chi connectivity index (χ0v) is 10.9. The molecule has 1 amide bonds. The summed E-state index contributed by atoms with van der Waals surface area (Å²) >= 11 is 5.52. The van der Waals surface area contributed by atoms with E-state index in [1.807, 2.05) is 0 Å². The van der Waals surface area contributed by atoms with Gasteiger partial charge in [0.15, 0.2) is 0 Å². The summed E-state index contributed by atoms with van der Waals surface area (Å²) in [4.78, 5) is 13.1. The molecule has 7 heteroatoms. The Balaban J connectivity index is 2.97. The van der Waals surface area contributed by atoms with Gasteiger partial charge in [0.25, 0.3) is 12.3 Å². The first-order valence-corrected chi connectivity index (χ1v) is 5.93. The molecule has 100 valence electrons. The largest absolute Gasteiger partial charge is 0.332 e. The Morgan fingerprint density at radius 1 is 1.44 bits per heavy atom. The van der Waals surface area contributed by atoms with E-state index in [0.29, 0.717) is 11.4 Å². The molecule has 0 N–H and O–H groups in total. The van der Waals surface area contributed by atoms with Gasteiger partial charge >= 0.3 is 0 Å². The second kappa shape index (κ2) is 6.58. The molecule has 0 unspecified atom stereocenters. The molecular formula is C11H14ClF2N3O. The van der Waals surface area contributed by atoms with Crippen LogP contribution in [0.5, 0.6) is 0 Å². The molecule has 0 aliphatic heterocycles. The number of halogens is 3. The first-order valence-electron chi connectivity index (χ1n) is 5.40. The summed E-state index contributed by atoms with van der Waals surface area (Å²) < 4.78 is 24.8. The predicted molar refractivity (Wildman–Crippen MR) is 64.1 cm³/mol. The summed E-state index contributed by atoms with van der Waals surface area (Å²) in [7, 11) is 0. The maximum Gasteiger partial charge on any atom is 0.256 e. The van der Waals surface area contributed by atoms with E-state index in [9.17, 15) is 13.6 Å². The van der Waals surface area contributed by atoms with Crippen LogP contribution >= 0.6 is 11.6 Å². The van der Waals surface area contributed by atoms with Crippen molar-refractivity contribution in [1.82, 2.24) is 15.1 Å². The van der Waals surface area contributed by atoms with Gasteiger partial charge in [0.05, 0.1) is 23.5 Å². The maximum absolute atomic E-state index is 12.4. The number of aryl methyl sites for hydroxylation is 2. The molecule has 0 atom stereocenters. The number of amides is 1. The summed E-state index contributed by atoms with van der Waals surface area (Å²) in [6.07, 6.45) is -2.59. The minimum atomic E-state index is -2.59. The second-order valence-electron chi connectivity index (χ2n) is 3.82. The van der Waals surface area contributed by atoms with Gasteiger partial charge in [-0.05, 0) is 19.9 Å². The van der Waals surface area contributed by atoms with Crippen molar-refractivity contribution in [2.24, 2.45) is 0 Å². The predicted octanol–water partition coefficient (Wildman–Crippen LogP) is 2.04. The molecule has 0 fully saturated rings. The lowest BCUT2D eigenvalue weighted by Gasteiger charge is -2.21. The Labute approximate surface area is 109 Å². The summed E-state index contributed by atoms with van der Waals surface area (Å²) in [5.74, 6) is -0.388. The summed E-state index contributed by atoms with van der Waals surface area (Å²) in [6, 6.07) is 1.54. The van der Waals surface area contributed by atoms with Crippen LogP contribution in [0.2, 0.25) is 0 Å². The molecule has 0 radical (unpaired) electrons. The van der Waals surface area contributed by atoms with Gasteiger partial charge in [-0.1, -0.05) is 0 Å². The summed E-state index contributed by atoms with van der Waals surface area (Å²) in [5.41, 5.74) is 1.26. The number of aromatic nitrogens is 2. The lowest BCUT2D eigenvalue weighted by Crippen LogP contribution is -2.37. The van der Waals surface area contributed by atoms with Gasteiger partial charge in [0, 0.05) is 12.4 Å². The van der Waals surface area contributed by atoms with Crippen LogP contribution in [0, 0.1) is 13.8 Å². The third kappa shape index (κ3) is 3.87. The number of carbonyl (C=O) groups is 1. The highest BCUT2D eigenvalue weighted by Crippen LogP contribution is 2.11. The molecule has 0 aliphatic carbocycles. The molecule has 0 aliphatic rings. The monoisotopic (exact) mass is 277 g/mol. The van der Waals surface area contributed by atoms with Crippen molar-refractivity contribution < 1.29 is 13.6 Å². The van der Waals surface area contributed by atoms with Gasteiger partial charge in [-0.3, -0.25) is 4.79 Å². The highest BCUT2D eigenvalue weighted by atomic mass is 35.5. The van der Waals surface area contributed by atoms with Gasteiger partial charge in [-0.15, -0.1) is 11.6 Å². The normalized spacial score (nSPS) is 10.8.